The molecular weight excluding hydrogens is 348 g/mol. The van der Waals surface area contributed by atoms with Crippen LogP contribution in [0.2, 0.25) is 0 Å². The summed E-state index contributed by atoms with van der Waals surface area (Å²) < 4.78 is 5.43. The van der Waals surface area contributed by atoms with E-state index >= 15 is 0 Å². The van der Waals surface area contributed by atoms with Crippen LogP contribution in [0.15, 0.2) is 54.6 Å². The smallest absolute Gasteiger partial charge is 0.244 e. The van der Waals surface area contributed by atoms with Crippen molar-refractivity contribution in [2.75, 3.05) is 19.7 Å². The average Bonchev–Trinajstić information content (AvgIpc) is 2.73. The fourth-order valence-corrected chi connectivity index (χ4v) is 3.66. The lowest BCUT2D eigenvalue weighted by Gasteiger charge is -2.24. The fourth-order valence-electron chi connectivity index (χ4n) is 3.66. The van der Waals surface area contributed by atoms with E-state index < -0.39 is 0 Å². The molecule has 1 fully saturated rings. The molecule has 0 unspecified atom stereocenters. The SMILES string of the molecule is CCOc1ccc(/C=C/C(=O)NCc2ccccc2C[NH+]2CCCCC2)cc1. The molecule has 1 aliphatic rings. The number of benzene rings is 2. The Labute approximate surface area is 168 Å². The molecule has 1 saturated heterocycles. The van der Waals surface area contributed by atoms with Crippen molar-refractivity contribution in [2.24, 2.45) is 0 Å². The summed E-state index contributed by atoms with van der Waals surface area (Å²) in [4.78, 5) is 13.9. The van der Waals surface area contributed by atoms with E-state index in [1.54, 1.807) is 11.0 Å². The molecule has 0 spiro atoms. The van der Waals surface area contributed by atoms with Crippen molar-refractivity contribution < 1.29 is 14.4 Å². The predicted molar refractivity (Wildman–Crippen MR) is 113 cm³/mol. The number of amides is 1. The molecule has 28 heavy (non-hydrogen) atoms. The summed E-state index contributed by atoms with van der Waals surface area (Å²) in [7, 11) is 0. The molecule has 2 aromatic carbocycles. The van der Waals surface area contributed by atoms with Gasteiger partial charge in [0.15, 0.2) is 0 Å². The second-order valence-electron chi connectivity index (χ2n) is 7.31. The van der Waals surface area contributed by atoms with Crippen molar-refractivity contribution in [3.05, 3.63) is 71.3 Å². The second kappa shape index (κ2) is 10.7. The minimum absolute atomic E-state index is 0.0750. The van der Waals surface area contributed by atoms with Crippen molar-refractivity contribution in [2.45, 2.75) is 39.3 Å². The summed E-state index contributed by atoms with van der Waals surface area (Å²) in [6.07, 6.45) is 7.43. The predicted octanol–water partition coefficient (Wildman–Crippen LogP) is 2.98. The second-order valence-corrected chi connectivity index (χ2v) is 7.31. The maximum absolute atomic E-state index is 12.2. The third kappa shape index (κ3) is 6.24. The van der Waals surface area contributed by atoms with Gasteiger partial charge in [-0.1, -0.05) is 36.4 Å². The van der Waals surface area contributed by atoms with Gasteiger partial charge in [-0.2, -0.15) is 0 Å². The Bertz CT molecular complexity index is 777. The monoisotopic (exact) mass is 379 g/mol. The van der Waals surface area contributed by atoms with E-state index in [4.69, 9.17) is 4.74 Å². The number of quaternary nitrogens is 1. The van der Waals surface area contributed by atoms with E-state index in [9.17, 15) is 4.79 Å². The summed E-state index contributed by atoms with van der Waals surface area (Å²) in [6, 6.07) is 16.2. The molecule has 4 heteroatoms. The van der Waals surface area contributed by atoms with Gasteiger partial charge in [-0.25, -0.2) is 0 Å². The molecule has 1 aliphatic heterocycles. The highest BCUT2D eigenvalue weighted by Crippen LogP contribution is 2.13. The molecule has 0 aliphatic carbocycles. The topological polar surface area (TPSA) is 42.8 Å². The number of carbonyl (C=O) groups is 1. The summed E-state index contributed by atoms with van der Waals surface area (Å²) >= 11 is 0. The Morgan fingerprint density at radius 3 is 2.46 bits per heavy atom. The fraction of sp³-hybridized carbons (Fsp3) is 0.375. The van der Waals surface area contributed by atoms with Crippen LogP contribution in [0.5, 0.6) is 5.75 Å². The maximum atomic E-state index is 12.2. The number of hydrogen-bond acceptors (Lipinski definition) is 2. The molecule has 0 bridgehead atoms. The first-order valence-electron chi connectivity index (χ1n) is 10.3. The largest absolute Gasteiger partial charge is 0.494 e. The highest BCUT2D eigenvalue weighted by molar-refractivity contribution is 5.91. The minimum atomic E-state index is -0.0750. The molecule has 2 N–H and O–H groups in total. The van der Waals surface area contributed by atoms with Gasteiger partial charge in [0, 0.05) is 18.2 Å². The third-order valence-electron chi connectivity index (χ3n) is 5.19. The van der Waals surface area contributed by atoms with Gasteiger partial charge in [-0.05, 0) is 55.5 Å². The van der Waals surface area contributed by atoms with Gasteiger partial charge in [0.05, 0.1) is 19.7 Å². The van der Waals surface area contributed by atoms with Crippen LogP contribution >= 0.6 is 0 Å². The van der Waals surface area contributed by atoms with Crippen molar-refractivity contribution in [3.63, 3.8) is 0 Å². The van der Waals surface area contributed by atoms with Crippen LogP contribution in [-0.4, -0.2) is 25.6 Å². The van der Waals surface area contributed by atoms with Gasteiger partial charge in [0.1, 0.15) is 12.3 Å². The zero-order valence-corrected chi connectivity index (χ0v) is 16.7. The quantitative estimate of drug-likeness (QED) is 0.693. The van der Waals surface area contributed by atoms with Crippen LogP contribution in [0.1, 0.15) is 42.9 Å². The molecule has 4 nitrogen and oxygen atoms in total. The number of rotatable bonds is 8. The number of ether oxygens (including phenoxy) is 1. The van der Waals surface area contributed by atoms with Gasteiger partial charge in [0.25, 0.3) is 0 Å². The number of nitrogens with one attached hydrogen (secondary N) is 2. The maximum Gasteiger partial charge on any atom is 0.244 e. The Kier molecular flexibility index (Phi) is 7.68. The molecule has 0 saturated carbocycles. The van der Waals surface area contributed by atoms with Crippen molar-refractivity contribution in [1.82, 2.24) is 5.32 Å². The zero-order chi connectivity index (χ0) is 19.6. The number of piperidine rings is 1. The lowest BCUT2D eigenvalue weighted by atomic mass is 10.0. The number of likely N-dealkylation sites (tertiary alicyclic amines) is 1. The van der Waals surface area contributed by atoms with Crippen LogP contribution < -0.4 is 15.0 Å². The average molecular weight is 380 g/mol. The highest BCUT2D eigenvalue weighted by Gasteiger charge is 2.15. The number of carbonyl (C=O) groups excluding carboxylic acids is 1. The first-order chi connectivity index (χ1) is 13.7. The summed E-state index contributed by atoms with van der Waals surface area (Å²) in [6.45, 7) is 6.74. The first-order valence-corrected chi connectivity index (χ1v) is 10.3. The van der Waals surface area contributed by atoms with Crippen LogP contribution in [0.25, 0.3) is 6.08 Å². The van der Waals surface area contributed by atoms with E-state index in [1.165, 1.54) is 43.5 Å². The Hall–Kier alpha value is -2.59. The molecule has 0 aromatic heterocycles. The van der Waals surface area contributed by atoms with Gasteiger partial charge in [-0.15, -0.1) is 0 Å². The Morgan fingerprint density at radius 2 is 1.75 bits per heavy atom. The molecule has 2 aromatic rings. The van der Waals surface area contributed by atoms with Crippen molar-refractivity contribution >= 4 is 12.0 Å². The van der Waals surface area contributed by atoms with Crippen LogP contribution in [0.3, 0.4) is 0 Å². The normalized spacial score (nSPS) is 14.9. The van der Waals surface area contributed by atoms with Crippen molar-refractivity contribution in [1.29, 1.82) is 0 Å². The molecular formula is C24H31N2O2+. The minimum Gasteiger partial charge on any atom is -0.494 e. The Morgan fingerprint density at radius 1 is 1.04 bits per heavy atom. The van der Waals surface area contributed by atoms with Crippen LogP contribution in [0.4, 0.5) is 0 Å². The highest BCUT2D eigenvalue weighted by atomic mass is 16.5. The lowest BCUT2D eigenvalue weighted by Crippen LogP contribution is -3.11. The van der Waals surface area contributed by atoms with E-state index in [-0.39, 0.29) is 5.91 Å². The van der Waals surface area contributed by atoms with Crippen LogP contribution in [0, 0.1) is 0 Å². The van der Waals surface area contributed by atoms with E-state index in [0.29, 0.717) is 13.2 Å². The standard InChI is InChI=1S/C24H30N2O2/c1-2-28-23-13-10-20(11-14-23)12-15-24(27)25-18-21-8-4-5-9-22(21)19-26-16-6-3-7-17-26/h4-5,8-15H,2-3,6-7,16-19H2,1H3,(H,25,27)/p+1/b15-12+. The molecule has 0 atom stereocenters. The lowest BCUT2D eigenvalue weighted by molar-refractivity contribution is -0.918. The van der Waals surface area contributed by atoms with Crippen LogP contribution in [-0.2, 0) is 17.9 Å². The molecule has 1 amide bonds. The van der Waals surface area contributed by atoms with Gasteiger partial charge < -0.3 is 15.0 Å². The zero-order valence-electron chi connectivity index (χ0n) is 16.7. The summed E-state index contributed by atoms with van der Waals surface area (Å²) in [5.74, 6) is 0.769. The van der Waals surface area contributed by atoms with E-state index in [2.05, 4.69) is 23.5 Å². The van der Waals surface area contributed by atoms with Gasteiger partial charge in [0.2, 0.25) is 5.91 Å². The van der Waals surface area contributed by atoms with E-state index in [1.807, 2.05) is 43.3 Å². The molecule has 148 valence electrons. The van der Waals surface area contributed by atoms with E-state index in [0.717, 1.165) is 17.9 Å². The summed E-state index contributed by atoms with van der Waals surface area (Å²) in [5, 5.41) is 3.02. The van der Waals surface area contributed by atoms with Gasteiger partial charge >= 0.3 is 0 Å². The molecule has 0 radical (unpaired) electrons. The third-order valence-corrected chi connectivity index (χ3v) is 5.19. The Balaban J connectivity index is 1.52. The molecule has 1 heterocycles. The first kappa shape index (κ1) is 20.2. The van der Waals surface area contributed by atoms with Crippen molar-refractivity contribution in [3.8, 4) is 5.75 Å². The molecule has 3 rings (SSSR count). The summed E-state index contributed by atoms with van der Waals surface area (Å²) in [5.41, 5.74) is 3.53. The van der Waals surface area contributed by atoms with Gasteiger partial charge in [-0.3, -0.25) is 4.79 Å². The number of hydrogen-bond donors (Lipinski definition) is 2.